The molecule has 0 bridgehead atoms. The van der Waals surface area contributed by atoms with E-state index in [4.69, 9.17) is 5.11 Å². The zero-order chi connectivity index (χ0) is 16.2. The molecule has 1 amide bonds. The Morgan fingerprint density at radius 2 is 1.86 bits per heavy atom. The van der Waals surface area contributed by atoms with Crippen molar-refractivity contribution in [1.82, 2.24) is 5.32 Å². The molecule has 1 saturated carbocycles. The second-order valence-electron chi connectivity index (χ2n) is 5.78. The van der Waals surface area contributed by atoms with Crippen LogP contribution in [0.2, 0.25) is 0 Å². The lowest BCUT2D eigenvalue weighted by atomic mass is 9.78. The molecule has 1 aliphatic carbocycles. The Labute approximate surface area is 127 Å². The lowest BCUT2D eigenvalue weighted by Gasteiger charge is -2.30. The Balaban J connectivity index is 2.09. The SMILES string of the molecule is O=C(O)CCC(=O)NCC1(c2ccc(F)cc2F)CCCC1. The van der Waals surface area contributed by atoms with E-state index < -0.39 is 23.0 Å². The first-order valence-corrected chi connectivity index (χ1v) is 7.37. The molecule has 4 nitrogen and oxygen atoms in total. The number of benzene rings is 1. The van der Waals surface area contributed by atoms with Crippen LogP contribution in [-0.2, 0) is 15.0 Å². The number of carboxylic acids is 1. The average molecular weight is 311 g/mol. The lowest BCUT2D eigenvalue weighted by Crippen LogP contribution is -2.39. The van der Waals surface area contributed by atoms with Crippen molar-refractivity contribution in [1.29, 1.82) is 0 Å². The third-order valence-corrected chi connectivity index (χ3v) is 4.25. The Kier molecular flexibility index (Phi) is 5.11. The molecule has 0 atom stereocenters. The van der Waals surface area contributed by atoms with Crippen molar-refractivity contribution in [2.45, 2.75) is 43.9 Å². The van der Waals surface area contributed by atoms with Crippen molar-refractivity contribution in [2.75, 3.05) is 6.54 Å². The molecule has 2 rings (SSSR count). The predicted octanol–water partition coefficient (Wildman–Crippen LogP) is 2.76. The molecule has 1 aromatic carbocycles. The summed E-state index contributed by atoms with van der Waals surface area (Å²) in [4.78, 5) is 22.1. The minimum Gasteiger partial charge on any atom is -0.481 e. The number of carboxylic acid groups (broad SMARTS) is 1. The van der Waals surface area contributed by atoms with Gasteiger partial charge in [-0.3, -0.25) is 9.59 Å². The fourth-order valence-corrected chi connectivity index (χ4v) is 3.09. The zero-order valence-corrected chi connectivity index (χ0v) is 12.2. The van der Waals surface area contributed by atoms with Crippen molar-refractivity contribution in [3.8, 4) is 0 Å². The molecule has 0 aliphatic heterocycles. The number of nitrogens with one attached hydrogen (secondary N) is 1. The fraction of sp³-hybridized carbons (Fsp3) is 0.500. The van der Waals surface area contributed by atoms with Crippen molar-refractivity contribution in [3.63, 3.8) is 0 Å². The molecular formula is C16H19F2NO3. The molecular weight excluding hydrogens is 292 g/mol. The van der Waals surface area contributed by atoms with Crippen LogP contribution in [0.1, 0.15) is 44.1 Å². The summed E-state index contributed by atoms with van der Waals surface area (Å²) in [7, 11) is 0. The smallest absolute Gasteiger partial charge is 0.303 e. The van der Waals surface area contributed by atoms with Gasteiger partial charge in [0.05, 0.1) is 6.42 Å². The van der Waals surface area contributed by atoms with Gasteiger partial charge in [-0.1, -0.05) is 18.9 Å². The molecule has 1 fully saturated rings. The van der Waals surface area contributed by atoms with Crippen molar-refractivity contribution in [3.05, 3.63) is 35.4 Å². The minimum atomic E-state index is -1.03. The highest BCUT2D eigenvalue weighted by Gasteiger charge is 2.38. The molecule has 0 aromatic heterocycles. The van der Waals surface area contributed by atoms with Gasteiger partial charge in [-0.25, -0.2) is 8.78 Å². The number of rotatable bonds is 6. The van der Waals surface area contributed by atoms with Crippen molar-refractivity contribution >= 4 is 11.9 Å². The molecule has 120 valence electrons. The molecule has 0 saturated heterocycles. The van der Waals surface area contributed by atoms with Gasteiger partial charge < -0.3 is 10.4 Å². The summed E-state index contributed by atoms with van der Waals surface area (Å²) in [6.45, 7) is 0.244. The molecule has 6 heteroatoms. The van der Waals surface area contributed by atoms with Gasteiger partial charge in [0.15, 0.2) is 0 Å². The largest absolute Gasteiger partial charge is 0.481 e. The molecule has 1 aromatic rings. The monoisotopic (exact) mass is 311 g/mol. The average Bonchev–Trinajstić information content (AvgIpc) is 2.92. The van der Waals surface area contributed by atoms with Gasteiger partial charge in [0.25, 0.3) is 0 Å². The van der Waals surface area contributed by atoms with Crippen LogP contribution in [-0.4, -0.2) is 23.5 Å². The van der Waals surface area contributed by atoms with E-state index in [1.54, 1.807) is 0 Å². The Morgan fingerprint density at radius 3 is 2.45 bits per heavy atom. The number of hydrogen-bond acceptors (Lipinski definition) is 2. The van der Waals surface area contributed by atoms with E-state index in [-0.39, 0.29) is 25.3 Å². The maximum Gasteiger partial charge on any atom is 0.303 e. The molecule has 0 radical (unpaired) electrons. The third kappa shape index (κ3) is 3.81. The number of carbonyl (C=O) groups is 2. The molecule has 0 heterocycles. The Morgan fingerprint density at radius 1 is 1.18 bits per heavy atom. The van der Waals surface area contributed by atoms with Gasteiger partial charge >= 0.3 is 5.97 Å². The quantitative estimate of drug-likeness (QED) is 0.849. The number of carbonyl (C=O) groups excluding carboxylic acids is 1. The van der Waals surface area contributed by atoms with Gasteiger partial charge in [0, 0.05) is 24.4 Å². The van der Waals surface area contributed by atoms with Crippen LogP contribution in [0.5, 0.6) is 0 Å². The Hall–Kier alpha value is -1.98. The summed E-state index contributed by atoms with van der Waals surface area (Å²) < 4.78 is 27.2. The maximum absolute atomic E-state index is 14.1. The minimum absolute atomic E-state index is 0.0999. The van der Waals surface area contributed by atoms with E-state index in [2.05, 4.69) is 5.32 Å². The highest BCUT2D eigenvalue weighted by molar-refractivity contribution is 5.80. The van der Waals surface area contributed by atoms with Crippen LogP contribution >= 0.6 is 0 Å². The fourth-order valence-electron chi connectivity index (χ4n) is 3.09. The first-order valence-electron chi connectivity index (χ1n) is 7.37. The number of aliphatic carboxylic acids is 1. The predicted molar refractivity (Wildman–Crippen MR) is 76.4 cm³/mol. The zero-order valence-electron chi connectivity index (χ0n) is 12.2. The van der Waals surface area contributed by atoms with Gasteiger partial charge in [0.1, 0.15) is 11.6 Å². The van der Waals surface area contributed by atoms with E-state index in [0.717, 1.165) is 31.7 Å². The summed E-state index contributed by atoms with van der Waals surface area (Å²) >= 11 is 0. The normalized spacial score (nSPS) is 16.5. The number of halogens is 2. The van der Waals surface area contributed by atoms with Crippen LogP contribution in [0.4, 0.5) is 8.78 Å². The summed E-state index contributed by atoms with van der Waals surface area (Å²) in [5, 5.41) is 11.3. The topological polar surface area (TPSA) is 66.4 Å². The summed E-state index contributed by atoms with van der Waals surface area (Å²) in [6.07, 6.45) is 2.94. The van der Waals surface area contributed by atoms with E-state index in [9.17, 15) is 18.4 Å². The van der Waals surface area contributed by atoms with Crippen LogP contribution in [0.3, 0.4) is 0 Å². The van der Waals surface area contributed by atoms with Gasteiger partial charge in [-0.05, 0) is 24.5 Å². The van der Waals surface area contributed by atoms with Crippen LogP contribution in [0, 0.1) is 11.6 Å². The summed E-state index contributed by atoms with van der Waals surface area (Å²) in [5.41, 5.74) is -0.110. The van der Waals surface area contributed by atoms with E-state index >= 15 is 0 Å². The van der Waals surface area contributed by atoms with Crippen molar-refractivity contribution < 1.29 is 23.5 Å². The van der Waals surface area contributed by atoms with Gasteiger partial charge in [-0.15, -0.1) is 0 Å². The highest BCUT2D eigenvalue weighted by atomic mass is 19.1. The van der Waals surface area contributed by atoms with Crippen LogP contribution < -0.4 is 5.32 Å². The number of amides is 1. The van der Waals surface area contributed by atoms with Gasteiger partial charge in [0.2, 0.25) is 5.91 Å². The molecule has 0 spiro atoms. The second-order valence-corrected chi connectivity index (χ2v) is 5.78. The first-order chi connectivity index (χ1) is 10.4. The van der Waals surface area contributed by atoms with Gasteiger partial charge in [-0.2, -0.15) is 0 Å². The highest BCUT2D eigenvalue weighted by Crippen LogP contribution is 2.41. The molecule has 0 unspecified atom stereocenters. The molecule has 1 aliphatic rings. The van der Waals surface area contributed by atoms with E-state index in [0.29, 0.717) is 5.56 Å². The second kappa shape index (κ2) is 6.85. The summed E-state index contributed by atoms with van der Waals surface area (Å²) in [6, 6.07) is 3.53. The van der Waals surface area contributed by atoms with Crippen LogP contribution in [0.25, 0.3) is 0 Å². The number of hydrogen-bond donors (Lipinski definition) is 2. The lowest BCUT2D eigenvalue weighted by molar-refractivity contribution is -0.138. The summed E-state index contributed by atoms with van der Waals surface area (Å²) in [5.74, 6) is -2.62. The maximum atomic E-state index is 14.1. The van der Waals surface area contributed by atoms with E-state index in [1.165, 1.54) is 12.1 Å². The first kappa shape index (κ1) is 16.4. The molecule has 22 heavy (non-hydrogen) atoms. The third-order valence-electron chi connectivity index (χ3n) is 4.25. The standard InChI is InChI=1S/C16H19F2NO3/c17-11-3-4-12(13(18)9-11)16(7-1-2-8-16)10-19-14(20)5-6-15(21)22/h3-4,9H,1-2,5-8,10H2,(H,19,20)(H,21,22). The Bertz CT molecular complexity index is 569. The molecule has 2 N–H and O–H groups in total. The van der Waals surface area contributed by atoms with E-state index in [1.807, 2.05) is 0 Å². The van der Waals surface area contributed by atoms with Crippen molar-refractivity contribution in [2.24, 2.45) is 0 Å². The van der Waals surface area contributed by atoms with Crippen LogP contribution in [0.15, 0.2) is 18.2 Å².